The number of aryl methyl sites for hydroxylation is 1. The minimum atomic E-state index is -0.360. The first-order chi connectivity index (χ1) is 10.1. The zero-order valence-electron chi connectivity index (χ0n) is 12.8. The molecule has 2 atom stereocenters. The molecule has 1 heterocycles. The van der Waals surface area contributed by atoms with Gasteiger partial charge in [-0.2, -0.15) is 0 Å². The number of nitrogens with one attached hydrogen (secondary N) is 1. The lowest BCUT2D eigenvalue weighted by Crippen LogP contribution is -2.62. The normalized spacial score (nSPS) is 22.3. The number of piperazine rings is 1. The van der Waals surface area contributed by atoms with Gasteiger partial charge in [0.15, 0.2) is 0 Å². The van der Waals surface area contributed by atoms with E-state index in [0.717, 1.165) is 19.3 Å². The second-order valence-corrected chi connectivity index (χ2v) is 5.65. The van der Waals surface area contributed by atoms with Crippen LogP contribution in [0.5, 0.6) is 0 Å². The highest BCUT2D eigenvalue weighted by Crippen LogP contribution is 2.14. The zero-order chi connectivity index (χ0) is 15.2. The van der Waals surface area contributed by atoms with Crippen LogP contribution in [0.2, 0.25) is 0 Å². The molecule has 1 N–H and O–H groups in total. The molecule has 0 radical (unpaired) electrons. The Balaban J connectivity index is 1.93. The monoisotopic (exact) mass is 288 g/mol. The van der Waals surface area contributed by atoms with E-state index in [1.807, 2.05) is 25.1 Å². The summed E-state index contributed by atoms with van der Waals surface area (Å²) in [7, 11) is 0. The SMILES string of the molecule is CCCC1NC(=O)C(C)N(CCCc2ccccc2)C1=O. The first kappa shape index (κ1) is 15.5. The van der Waals surface area contributed by atoms with E-state index in [-0.39, 0.29) is 23.9 Å². The molecule has 4 heteroatoms. The van der Waals surface area contributed by atoms with Crippen LogP contribution in [0.25, 0.3) is 0 Å². The fourth-order valence-electron chi connectivity index (χ4n) is 2.77. The van der Waals surface area contributed by atoms with Gasteiger partial charge in [-0.25, -0.2) is 0 Å². The summed E-state index contributed by atoms with van der Waals surface area (Å²) < 4.78 is 0. The van der Waals surface area contributed by atoms with Gasteiger partial charge >= 0.3 is 0 Å². The van der Waals surface area contributed by atoms with Gasteiger partial charge < -0.3 is 10.2 Å². The number of rotatable bonds is 6. The molecule has 2 unspecified atom stereocenters. The van der Waals surface area contributed by atoms with Crippen LogP contribution in [0.3, 0.4) is 0 Å². The predicted octanol–water partition coefficient (Wildman–Crippen LogP) is 2.13. The van der Waals surface area contributed by atoms with Crippen molar-refractivity contribution in [1.29, 1.82) is 0 Å². The molecule has 1 aromatic carbocycles. The number of amides is 2. The van der Waals surface area contributed by atoms with Gasteiger partial charge in [-0.1, -0.05) is 43.7 Å². The zero-order valence-corrected chi connectivity index (χ0v) is 12.8. The van der Waals surface area contributed by atoms with Crippen molar-refractivity contribution < 1.29 is 9.59 Å². The second kappa shape index (κ2) is 7.25. The van der Waals surface area contributed by atoms with Gasteiger partial charge in [0.25, 0.3) is 0 Å². The average Bonchev–Trinajstić information content (AvgIpc) is 2.49. The maximum Gasteiger partial charge on any atom is 0.245 e. The smallest absolute Gasteiger partial charge is 0.245 e. The summed E-state index contributed by atoms with van der Waals surface area (Å²) >= 11 is 0. The van der Waals surface area contributed by atoms with Crippen LogP contribution in [0.1, 0.15) is 38.7 Å². The number of hydrogen-bond acceptors (Lipinski definition) is 2. The molecule has 21 heavy (non-hydrogen) atoms. The maximum atomic E-state index is 12.4. The lowest BCUT2D eigenvalue weighted by molar-refractivity contribution is -0.148. The number of carbonyl (C=O) groups is 2. The van der Waals surface area contributed by atoms with Crippen LogP contribution in [0.4, 0.5) is 0 Å². The number of benzene rings is 1. The van der Waals surface area contributed by atoms with Crippen molar-refractivity contribution in [3.05, 3.63) is 35.9 Å². The van der Waals surface area contributed by atoms with Gasteiger partial charge in [0, 0.05) is 6.54 Å². The van der Waals surface area contributed by atoms with E-state index in [2.05, 4.69) is 17.4 Å². The summed E-state index contributed by atoms with van der Waals surface area (Å²) in [6.07, 6.45) is 3.42. The molecule has 0 saturated carbocycles. The number of carbonyl (C=O) groups excluding carboxylic acids is 2. The highest BCUT2D eigenvalue weighted by molar-refractivity contribution is 5.96. The van der Waals surface area contributed by atoms with E-state index in [4.69, 9.17) is 0 Å². The van der Waals surface area contributed by atoms with Crippen molar-refractivity contribution in [2.45, 2.75) is 51.6 Å². The predicted molar refractivity (Wildman–Crippen MR) is 82.8 cm³/mol. The second-order valence-electron chi connectivity index (χ2n) is 5.65. The van der Waals surface area contributed by atoms with E-state index in [1.54, 1.807) is 11.8 Å². The molecule has 0 aromatic heterocycles. The molecular weight excluding hydrogens is 264 g/mol. The summed E-state index contributed by atoms with van der Waals surface area (Å²) in [5.74, 6) is 0.0322. The van der Waals surface area contributed by atoms with E-state index < -0.39 is 0 Å². The fraction of sp³-hybridized carbons (Fsp3) is 0.529. The first-order valence-corrected chi connectivity index (χ1v) is 7.78. The van der Waals surface area contributed by atoms with E-state index in [0.29, 0.717) is 13.0 Å². The fourth-order valence-corrected chi connectivity index (χ4v) is 2.77. The molecule has 1 saturated heterocycles. The summed E-state index contributed by atoms with van der Waals surface area (Å²) in [6.45, 7) is 4.47. The molecule has 0 spiro atoms. The Morgan fingerprint density at radius 2 is 1.90 bits per heavy atom. The van der Waals surface area contributed by atoms with E-state index in [9.17, 15) is 9.59 Å². The number of hydrogen-bond donors (Lipinski definition) is 1. The van der Waals surface area contributed by atoms with Crippen molar-refractivity contribution in [1.82, 2.24) is 10.2 Å². The Hall–Kier alpha value is -1.84. The van der Waals surface area contributed by atoms with Gasteiger partial charge in [0.05, 0.1) is 0 Å². The highest BCUT2D eigenvalue weighted by atomic mass is 16.2. The molecule has 0 aliphatic carbocycles. The van der Waals surface area contributed by atoms with Gasteiger partial charge in [-0.05, 0) is 31.7 Å². The van der Waals surface area contributed by atoms with Gasteiger partial charge in [0.1, 0.15) is 12.1 Å². The Morgan fingerprint density at radius 1 is 1.19 bits per heavy atom. The molecule has 2 rings (SSSR count). The van der Waals surface area contributed by atoms with Gasteiger partial charge in [0.2, 0.25) is 11.8 Å². The largest absolute Gasteiger partial charge is 0.343 e. The molecule has 1 fully saturated rings. The first-order valence-electron chi connectivity index (χ1n) is 7.78. The quantitative estimate of drug-likeness (QED) is 0.872. The lowest BCUT2D eigenvalue weighted by atomic mass is 10.0. The van der Waals surface area contributed by atoms with Crippen LogP contribution in [0, 0.1) is 0 Å². The van der Waals surface area contributed by atoms with Crippen LogP contribution in [0.15, 0.2) is 30.3 Å². The topological polar surface area (TPSA) is 49.4 Å². The average molecular weight is 288 g/mol. The molecule has 1 aromatic rings. The molecule has 1 aliphatic heterocycles. The summed E-state index contributed by atoms with van der Waals surface area (Å²) in [4.78, 5) is 26.1. The van der Waals surface area contributed by atoms with Crippen LogP contribution >= 0.6 is 0 Å². The lowest BCUT2D eigenvalue weighted by Gasteiger charge is -2.37. The van der Waals surface area contributed by atoms with Crippen LogP contribution < -0.4 is 5.32 Å². The van der Waals surface area contributed by atoms with Crippen molar-refractivity contribution in [3.63, 3.8) is 0 Å². The highest BCUT2D eigenvalue weighted by Gasteiger charge is 2.36. The molecule has 1 aliphatic rings. The molecular formula is C17H24N2O2. The summed E-state index contributed by atoms with van der Waals surface area (Å²) in [5.41, 5.74) is 1.27. The minimum absolute atomic E-state index is 0.0345. The summed E-state index contributed by atoms with van der Waals surface area (Å²) in [5, 5.41) is 2.82. The van der Waals surface area contributed by atoms with Crippen LogP contribution in [-0.2, 0) is 16.0 Å². The Kier molecular flexibility index (Phi) is 5.37. The Labute approximate surface area is 126 Å². The van der Waals surface area contributed by atoms with E-state index >= 15 is 0 Å². The summed E-state index contributed by atoms with van der Waals surface area (Å²) in [6, 6.07) is 9.53. The number of nitrogens with zero attached hydrogens (tertiary/aromatic N) is 1. The molecule has 0 bridgehead atoms. The Bertz CT molecular complexity index is 487. The van der Waals surface area contributed by atoms with Gasteiger partial charge in [-0.3, -0.25) is 9.59 Å². The van der Waals surface area contributed by atoms with Crippen LogP contribution in [-0.4, -0.2) is 35.3 Å². The maximum absolute atomic E-state index is 12.4. The van der Waals surface area contributed by atoms with Crippen molar-refractivity contribution in [3.8, 4) is 0 Å². The third kappa shape index (κ3) is 3.84. The van der Waals surface area contributed by atoms with E-state index in [1.165, 1.54) is 5.56 Å². The molecule has 4 nitrogen and oxygen atoms in total. The third-order valence-corrected chi connectivity index (χ3v) is 4.03. The molecule has 2 amide bonds. The van der Waals surface area contributed by atoms with Crippen molar-refractivity contribution in [2.75, 3.05) is 6.54 Å². The molecule has 114 valence electrons. The Morgan fingerprint density at radius 3 is 2.57 bits per heavy atom. The minimum Gasteiger partial charge on any atom is -0.343 e. The third-order valence-electron chi connectivity index (χ3n) is 4.03. The van der Waals surface area contributed by atoms with Gasteiger partial charge in [-0.15, -0.1) is 0 Å². The standard InChI is InChI=1S/C17H24N2O2/c1-3-8-15-17(21)19(13(2)16(20)18-15)12-7-11-14-9-5-4-6-10-14/h4-6,9-10,13,15H,3,7-8,11-12H2,1-2H3,(H,18,20). The van der Waals surface area contributed by atoms with Crippen molar-refractivity contribution in [2.24, 2.45) is 0 Å². The van der Waals surface area contributed by atoms with Crippen molar-refractivity contribution >= 4 is 11.8 Å².